The fraction of sp³-hybridized carbons (Fsp3) is 0.500. The number of nitrogens with zero attached hydrogens (tertiary/aromatic N) is 2. The van der Waals surface area contributed by atoms with Gasteiger partial charge in [0, 0.05) is 26.7 Å². The molecule has 0 N–H and O–H groups in total. The number of urea groups is 1. The fourth-order valence-corrected chi connectivity index (χ4v) is 2.21. The minimum absolute atomic E-state index is 0.0619. The van der Waals surface area contributed by atoms with Gasteiger partial charge in [-0.25, -0.2) is 4.79 Å². The van der Waals surface area contributed by atoms with Gasteiger partial charge in [0.25, 0.3) is 0 Å². The molecule has 0 bridgehead atoms. The second kappa shape index (κ2) is 6.80. The summed E-state index contributed by atoms with van der Waals surface area (Å²) in [5.74, 6) is 0.260. The highest BCUT2D eigenvalue weighted by molar-refractivity contribution is 7.86. The van der Waals surface area contributed by atoms with E-state index in [-0.39, 0.29) is 17.8 Å². The minimum atomic E-state index is -3.52. The van der Waals surface area contributed by atoms with Gasteiger partial charge in [0.2, 0.25) is 0 Å². The Hall–Kier alpha value is -1.76. The average molecular weight is 314 g/mol. The molecule has 0 aliphatic heterocycles. The molecular formula is C14H22N2O4S. The second-order valence-corrected chi connectivity index (χ2v) is 6.90. The number of benzene rings is 1. The van der Waals surface area contributed by atoms with Gasteiger partial charge in [0.1, 0.15) is 5.75 Å². The van der Waals surface area contributed by atoms with Gasteiger partial charge in [-0.05, 0) is 31.5 Å². The third kappa shape index (κ3) is 5.63. The lowest BCUT2D eigenvalue weighted by Gasteiger charge is -2.29. The van der Waals surface area contributed by atoms with E-state index in [4.69, 9.17) is 4.18 Å². The zero-order chi connectivity index (χ0) is 16.2. The van der Waals surface area contributed by atoms with Crippen LogP contribution in [-0.2, 0) is 16.7 Å². The Morgan fingerprint density at radius 3 is 2.10 bits per heavy atom. The molecule has 0 saturated carbocycles. The summed E-state index contributed by atoms with van der Waals surface area (Å²) in [4.78, 5) is 15.3. The maximum atomic E-state index is 12.1. The van der Waals surface area contributed by atoms with E-state index in [0.717, 1.165) is 11.8 Å². The van der Waals surface area contributed by atoms with Crippen LogP contribution in [0, 0.1) is 0 Å². The van der Waals surface area contributed by atoms with Crippen molar-refractivity contribution in [2.75, 3.05) is 20.4 Å². The topological polar surface area (TPSA) is 66.9 Å². The molecule has 2 amide bonds. The molecule has 0 aliphatic carbocycles. The standard InChI is InChI=1S/C14H22N2O4S/c1-11(2)16(14(17)15(3)4)10-12-6-8-13(9-7-12)20-21(5,18)19/h6-9,11H,10H2,1-5H3. The minimum Gasteiger partial charge on any atom is -0.383 e. The molecule has 0 saturated heterocycles. The molecule has 0 atom stereocenters. The summed E-state index contributed by atoms with van der Waals surface area (Å²) < 4.78 is 26.9. The van der Waals surface area contributed by atoms with Crippen LogP contribution in [0.15, 0.2) is 24.3 Å². The molecule has 1 aromatic rings. The smallest absolute Gasteiger partial charge is 0.320 e. The number of hydrogen-bond acceptors (Lipinski definition) is 4. The van der Waals surface area contributed by atoms with Gasteiger partial charge < -0.3 is 14.0 Å². The van der Waals surface area contributed by atoms with Crippen molar-refractivity contribution in [1.29, 1.82) is 0 Å². The first-order chi connectivity index (χ1) is 9.60. The molecule has 1 aromatic carbocycles. The van der Waals surface area contributed by atoms with Crippen LogP contribution in [0.3, 0.4) is 0 Å². The maximum absolute atomic E-state index is 12.1. The van der Waals surface area contributed by atoms with Crippen molar-refractivity contribution in [3.05, 3.63) is 29.8 Å². The first-order valence-electron chi connectivity index (χ1n) is 6.56. The van der Waals surface area contributed by atoms with E-state index in [1.165, 1.54) is 4.90 Å². The largest absolute Gasteiger partial charge is 0.383 e. The molecule has 6 nitrogen and oxygen atoms in total. The number of rotatable bonds is 5. The molecule has 0 aromatic heterocycles. The highest BCUT2D eigenvalue weighted by atomic mass is 32.2. The third-order valence-electron chi connectivity index (χ3n) is 2.78. The summed E-state index contributed by atoms with van der Waals surface area (Å²) in [5, 5.41) is 0. The predicted molar refractivity (Wildman–Crippen MR) is 81.7 cm³/mol. The normalized spacial score (nSPS) is 11.3. The van der Waals surface area contributed by atoms with Crippen LogP contribution in [0.2, 0.25) is 0 Å². The summed E-state index contributed by atoms with van der Waals surface area (Å²) in [5.41, 5.74) is 0.903. The molecule has 118 valence electrons. The van der Waals surface area contributed by atoms with Crippen LogP contribution in [-0.4, -0.2) is 50.6 Å². The third-order valence-corrected chi connectivity index (χ3v) is 3.27. The summed E-state index contributed by atoms with van der Waals surface area (Å²) in [6.45, 7) is 4.35. The first-order valence-corrected chi connectivity index (χ1v) is 8.38. The fourth-order valence-electron chi connectivity index (χ4n) is 1.75. The molecule has 0 unspecified atom stereocenters. The van der Waals surface area contributed by atoms with Crippen molar-refractivity contribution in [3.63, 3.8) is 0 Å². The number of carbonyl (C=O) groups excluding carboxylic acids is 1. The zero-order valence-corrected chi connectivity index (χ0v) is 13.8. The van der Waals surface area contributed by atoms with Gasteiger partial charge >= 0.3 is 16.1 Å². The molecular weight excluding hydrogens is 292 g/mol. The van der Waals surface area contributed by atoms with Crippen molar-refractivity contribution in [2.24, 2.45) is 0 Å². The van der Waals surface area contributed by atoms with E-state index in [9.17, 15) is 13.2 Å². The van der Waals surface area contributed by atoms with E-state index < -0.39 is 10.1 Å². The highest BCUT2D eigenvalue weighted by Gasteiger charge is 2.18. The monoisotopic (exact) mass is 314 g/mol. The van der Waals surface area contributed by atoms with Gasteiger partial charge in [0.15, 0.2) is 0 Å². The maximum Gasteiger partial charge on any atom is 0.320 e. The van der Waals surface area contributed by atoms with E-state index >= 15 is 0 Å². The van der Waals surface area contributed by atoms with Crippen molar-refractivity contribution in [1.82, 2.24) is 9.80 Å². The van der Waals surface area contributed by atoms with Crippen LogP contribution in [0.1, 0.15) is 19.4 Å². The van der Waals surface area contributed by atoms with Crippen LogP contribution in [0.4, 0.5) is 4.79 Å². The van der Waals surface area contributed by atoms with Crippen molar-refractivity contribution in [2.45, 2.75) is 26.4 Å². The van der Waals surface area contributed by atoms with Crippen molar-refractivity contribution in [3.8, 4) is 5.75 Å². The first kappa shape index (κ1) is 17.3. The zero-order valence-electron chi connectivity index (χ0n) is 13.0. The Morgan fingerprint density at radius 2 is 1.71 bits per heavy atom. The van der Waals surface area contributed by atoms with Gasteiger partial charge in [-0.3, -0.25) is 0 Å². The lowest BCUT2D eigenvalue weighted by Crippen LogP contribution is -2.42. The average Bonchev–Trinajstić information content (AvgIpc) is 2.34. The van der Waals surface area contributed by atoms with Crippen LogP contribution in [0.5, 0.6) is 5.75 Å². The van der Waals surface area contributed by atoms with Gasteiger partial charge in [0.05, 0.1) is 6.26 Å². The Kier molecular flexibility index (Phi) is 5.60. The van der Waals surface area contributed by atoms with E-state index in [1.54, 1.807) is 43.3 Å². The summed E-state index contributed by atoms with van der Waals surface area (Å²) >= 11 is 0. The van der Waals surface area contributed by atoms with Crippen molar-refractivity contribution >= 4 is 16.1 Å². The SMILES string of the molecule is CC(C)N(Cc1ccc(OS(C)(=O)=O)cc1)C(=O)N(C)C. The summed E-state index contributed by atoms with van der Waals surface area (Å²) in [6.07, 6.45) is 0.997. The summed E-state index contributed by atoms with van der Waals surface area (Å²) in [6, 6.07) is 6.65. The summed E-state index contributed by atoms with van der Waals surface area (Å²) in [7, 11) is -0.104. The number of amides is 2. The molecule has 21 heavy (non-hydrogen) atoms. The molecule has 0 fully saturated rings. The molecule has 0 radical (unpaired) electrons. The van der Waals surface area contributed by atoms with Gasteiger partial charge in [-0.2, -0.15) is 8.42 Å². The molecule has 7 heteroatoms. The van der Waals surface area contributed by atoms with Crippen LogP contribution in [0.25, 0.3) is 0 Å². The molecule has 0 heterocycles. The Morgan fingerprint density at radius 1 is 1.19 bits per heavy atom. The lowest BCUT2D eigenvalue weighted by molar-refractivity contribution is 0.153. The van der Waals surface area contributed by atoms with Crippen LogP contribution >= 0.6 is 0 Å². The molecule has 0 spiro atoms. The number of hydrogen-bond donors (Lipinski definition) is 0. The Balaban J connectivity index is 2.84. The number of carbonyl (C=O) groups is 1. The van der Waals surface area contributed by atoms with E-state index in [0.29, 0.717) is 6.54 Å². The quantitative estimate of drug-likeness (QED) is 0.779. The Bertz CT molecular complexity index is 579. The van der Waals surface area contributed by atoms with E-state index in [2.05, 4.69) is 0 Å². The van der Waals surface area contributed by atoms with Crippen LogP contribution < -0.4 is 4.18 Å². The van der Waals surface area contributed by atoms with Gasteiger partial charge in [-0.1, -0.05) is 12.1 Å². The molecule has 1 rings (SSSR count). The predicted octanol–water partition coefficient (Wildman–Crippen LogP) is 1.92. The second-order valence-electron chi connectivity index (χ2n) is 5.33. The van der Waals surface area contributed by atoms with Crippen molar-refractivity contribution < 1.29 is 17.4 Å². The molecule has 0 aliphatic rings. The van der Waals surface area contributed by atoms with Gasteiger partial charge in [-0.15, -0.1) is 0 Å². The van der Waals surface area contributed by atoms with E-state index in [1.807, 2.05) is 13.8 Å². The highest BCUT2D eigenvalue weighted by Crippen LogP contribution is 2.16. The Labute approximate surface area is 126 Å². The lowest BCUT2D eigenvalue weighted by atomic mass is 10.2.